The molecule has 0 fully saturated rings. The molecule has 6 nitrogen and oxygen atoms in total. The first-order valence-electron chi connectivity index (χ1n) is 3.83. The number of nitrogens with two attached hydrogens (primary N) is 1. The molecular formula is C8H6N6. The number of rotatable bonds is 1. The Labute approximate surface area is 79.6 Å². The van der Waals surface area contributed by atoms with Crippen LogP contribution in [0, 0.1) is 11.3 Å². The highest BCUT2D eigenvalue weighted by atomic mass is 15.3. The van der Waals surface area contributed by atoms with Crippen molar-refractivity contribution in [2.75, 3.05) is 5.73 Å². The first-order valence-corrected chi connectivity index (χ1v) is 3.83. The first kappa shape index (κ1) is 8.19. The van der Waals surface area contributed by atoms with E-state index in [0.29, 0.717) is 11.5 Å². The molecule has 0 aliphatic heterocycles. The molecule has 2 aromatic heterocycles. The topological polar surface area (TPSA) is 93.4 Å². The molecular weight excluding hydrogens is 180 g/mol. The summed E-state index contributed by atoms with van der Waals surface area (Å²) in [6.07, 6.45) is 2.89. The van der Waals surface area contributed by atoms with Gasteiger partial charge in [0.15, 0.2) is 11.5 Å². The van der Waals surface area contributed by atoms with Gasteiger partial charge in [-0.3, -0.25) is 0 Å². The molecule has 0 aromatic carbocycles. The Hall–Kier alpha value is -2.42. The number of nitrogen functional groups attached to an aromatic ring is 1. The van der Waals surface area contributed by atoms with Crippen molar-refractivity contribution in [2.45, 2.75) is 0 Å². The highest BCUT2D eigenvalue weighted by molar-refractivity contribution is 5.51. The van der Waals surface area contributed by atoms with Crippen molar-refractivity contribution in [3.63, 3.8) is 0 Å². The van der Waals surface area contributed by atoms with E-state index in [1.54, 1.807) is 12.1 Å². The largest absolute Gasteiger partial charge is 0.396 e. The van der Waals surface area contributed by atoms with E-state index in [9.17, 15) is 0 Å². The second-order valence-corrected chi connectivity index (χ2v) is 2.56. The van der Waals surface area contributed by atoms with Crippen LogP contribution in [0.3, 0.4) is 0 Å². The van der Waals surface area contributed by atoms with E-state index in [2.05, 4.69) is 15.1 Å². The third-order valence-electron chi connectivity index (χ3n) is 1.67. The van der Waals surface area contributed by atoms with Gasteiger partial charge < -0.3 is 5.73 Å². The van der Waals surface area contributed by atoms with Crippen LogP contribution in [0.4, 0.5) is 5.69 Å². The van der Waals surface area contributed by atoms with Crippen molar-refractivity contribution in [3.8, 4) is 11.9 Å². The van der Waals surface area contributed by atoms with Crippen molar-refractivity contribution in [3.05, 3.63) is 30.5 Å². The summed E-state index contributed by atoms with van der Waals surface area (Å²) in [6.45, 7) is 0. The molecule has 0 radical (unpaired) electrons. The van der Waals surface area contributed by atoms with Crippen molar-refractivity contribution in [2.24, 2.45) is 0 Å². The highest BCUT2D eigenvalue weighted by Gasteiger charge is 2.03. The third kappa shape index (κ3) is 1.27. The predicted molar refractivity (Wildman–Crippen MR) is 48.3 cm³/mol. The lowest BCUT2D eigenvalue weighted by molar-refractivity contribution is 0.843. The summed E-state index contributed by atoms with van der Waals surface area (Å²) in [6, 6.07) is 5.19. The van der Waals surface area contributed by atoms with E-state index in [1.807, 2.05) is 6.07 Å². The normalized spacial score (nSPS) is 9.64. The molecule has 68 valence electrons. The van der Waals surface area contributed by atoms with Gasteiger partial charge in [-0.15, -0.1) is 0 Å². The van der Waals surface area contributed by atoms with Gasteiger partial charge in [0, 0.05) is 0 Å². The van der Waals surface area contributed by atoms with Crippen molar-refractivity contribution in [1.82, 2.24) is 19.7 Å². The van der Waals surface area contributed by atoms with E-state index in [0.717, 1.165) is 0 Å². The maximum atomic E-state index is 8.70. The van der Waals surface area contributed by atoms with Crippen LogP contribution < -0.4 is 5.73 Å². The van der Waals surface area contributed by atoms with Crippen LogP contribution in [-0.2, 0) is 0 Å². The molecule has 2 aromatic rings. The first-order chi connectivity index (χ1) is 6.81. The minimum atomic E-state index is 0.193. The molecule has 0 aliphatic rings. The molecule has 0 aliphatic carbocycles. The summed E-state index contributed by atoms with van der Waals surface area (Å²) >= 11 is 0. The van der Waals surface area contributed by atoms with E-state index in [-0.39, 0.29) is 5.69 Å². The van der Waals surface area contributed by atoms with E-state index < -0.39 is 0 Å². The fourth-order valence-electron chi connectivity index (χ4n) is 1.00. The molecule has 0 saturated heterocycles. The summed E-state index contributed by atoms with van der Waals surface area (Å²) < 4.78 is 1.46. The van der Waals surface area contributed by atoms with Gasteiger partial charge in [-0.05, 0) is 12.1 Å². The van der Waals surface area contributed by atoms with Crippen LogP contribution in [0.5, 0.6) is 0 Å². The Balaban J connectivity index is 2.53. The number of nitrogens with zero attached hydrogens (tertiary/aromatic N) is 5. The zero-order valence-electron chi connectivity index (χ0n) is 7.12. The van der Waals surface area contributed by atoms with Crippen LogP contribution >= 0.6 is 0 Å². The summed E-state index contributed by atoms with van der Waals surface area (Å²) in [5.41, 5.74) is 6.07. The van der Waals surface area contributed by atoms with Crippen LogP contribution in [0.2, 0.25) is 0 Å². The average molecular weight is 186 g/mol. The number of hydrogen-bond donors (Lipinski definition) is 1. The summed E-state index contributed by atoms with van der Waals surface area (Å²) in [7, 11) is 0. The minimum absolute atomic E-state index is 0.193. The lowest BCUT2D eigenvalue weighted by atomic mass is 10.3. The molecule has 0 saturated carbocycles. The second-order valence-electron chi connectivity index (χ2n) is 2.56. The summed E-state index contributed by atoms with van der Waals surface area (Å²) in [4.78, 5) is 7.78. The van der Waals surface area contributed by atoms with Gasteiger partial charge in [-0.25, -0.2) is 14.6 Å². The Kier molecular flexibility index (Phi) is 1.84. The number of anilines is 1. The summed E-state index contributed by atoms with van der Waals surface area (Å²) in [5, 5.41) is 12.6. The lowest BCUT2D eigenvalue weighted by Crippen LogP contribution is -2.01. The monoisotopic (exact) mass is 186 g/mol. The van der Waals surface area contributed by atoms with E-state index in [4.69, 9.17) is 11.0 Å². The van der Waals surface area contributed by atoms with Gasteiger partial charge in [0.25, 0.3) is 0 Å². The van der Waals surface area contributed by atoms with Crippen LogP contribution in [-0.4, -0.2) is 19.7 Å². The van der Waals surface area contributed by atoms with Crippen molar-refractivity contribution in [1.29, 1.82) is 5.26 Å². The zero-order chi connectivity index (χ0) is 9.97. The maximum absolute atomic E-state index is 8.70. The Morgan fingerprint density at radius 2 is 2.29 bits per heavy atom. The number of pyridine rings is 1. The molecule has 0 amide bonds. The predicted octanol–water partition coefficient (Wildman–Crippen LogP) is 0.116. The van der Waals surface area contributed by atoms with Crippen LogP contribution in [0.1, 0.15) is 5.69 Å². The molecule has 2 N–H and O–H groups in total. The molecule has 14 heavy (non-hydrogen) atoms. The third-order valence-corrected chi connectivity index (χ3v) is 1.67. The van der Waals surface area contributed by atoms with E-state index in [1.165, 1.54) is 17.3 Å². The van der Waals surface area contributed by atoms with Gasteiger partial charge >= 0.3 is 0 Å². The molecule has 0 atom stereocenters. The number of nitriles is 1. The van der Waals surface area contributed by atoms with Crippen LogP contribution in [0.15, 0.2) is 24.8 Å². The smallest absolute Gasteiger partial charge is 0.165 e. The SMILES string of the molecule is N#Cc1nc(-n2cncn2)ccc1N. The van der Waals surface area contributed by atoms with Crippen molar-refractivity contribution >= 4 is 5.69 Å². The quantitative estimate of drug-likeness (QED) is 0.682. The van der Waals surface area contributed by atoms with Gasteiger partial charge in [-0.1, -0.05) is 0 Å². The van der Waals surface area contributed by atoms with Gasteiger partial charge in [0.05, 0.1) is 5.69 Å². The lowest BCUT2D eigenvalue weighted by Gasteiger charge is -2.00. The standard InChI is InChI=1S/C8H6N6/c9-3-7-6(10)1-2-8(13-7)14-5-11-4-12-14/h1-2,4-5H,10H2. The molecule has 2 rings (SSSR count). The average Bonchev–Trinajstić information content (AvgIpc) is 2.71. The molecule has 0 spiro atoms. The van der Waals surface area contributed by atoms with E-state index >= 15 is 0 Å². The number of hydrogen-bond acceptors (Lipinski definition) is 5. The fourth-order valence-corrected chi connectivity index (χ4v) is 1.00. The Bertz CT molecular complexity index is 481. The second kappa shape index (κ2) is 3.14. The highest BCUT2D eigenvalue weighted by Crippen LogP contribution is 2.10. The fraction of sp³-hybridized carbons (Fsp3) is 0. The Morgan fingerprint density at radius 1 is 1.43 bits per heavy atom. The number of aromatic nitrogens is 4. The van der Waals surface area contributed by atoms with Gasteiger partial charge in [0.1, 0.15) is 18.7 Å². The summed E-state index contributed by atoms with van der Waals surface area (Å²) in [5.74, 6) is 0.522. The van der Waals surface area contributed by atoms with Gasteiger partial charge in [-0.2, -0.15) is 10.4 Å². The minimum Gasteiger partial charge on any atom is -0.396 e. The zero-order valence-corrected chi connectivity index (χ0v) is 7.12. The molecule has 6 heteroatoms. The van der Waals surface area contributed by atoms with Gasteiger partial charge in [0.2, 0.25) is 0 Å². The molecule has 2 heterocycles. The molecule has 0 bridgehead atoms. The Morgan fingerprint density at radius 3 is 2.93 bits per heavy atom. The van der Waals surface area contributed by atoms with Crippen LogP contribution in [0.25, 0.3) is 5.82 Å². The molecule has 0 unspecified atom stereocenters. The maximum Gasteiger partial charge on any atom is 0.165 e. The van der Waals surface area contributed by atoms with Crippen molar-refractivity contribution < 1.29 is 0 Å².